The Bertz CT molecular complexity index is 659. The van der Waals surface area contributed by atoms with Crippen LogP contribution in [0.1, 0.15) is 30.7 Å². The Kier molecular flexibility index (Phi) is 5.43. The number of nitrogens with zero attached hydrogens (tertiary/aromatic N) is 3. The molecule has 1 saturated heterocycles. The number of rotatable bonds is 6. The third-order valence-corrected chi connectivity index (χ3v) is 3.82. The number of benzene rings is 1. The monoisotopic (exact) mass is 331 g/mol. The van der Waals surface area contributed by atoms with Gasteiger partial charge in [0.25, 0.3) is 0 Å². The molecule has 1 aromatic carbocycles. The highest BCUT2D eigenvalue weighted by atomic mass is 16.5. The van der Waals surface area contributed by atoms with E-state index in [-0.39, 0.29) is 11.9 Å². The van der Waals surface area contributed by atoms with Crippen LogP contribution in [0.2, 0.25) is 0 Å². The van der Waals surface area contributed by atoms with Gasteiger partial charge in [0.2, 0.25) is 17.7 Å². The maximum atomic E-state index is 12.5. The first-order valence-electron chi connectivity index (χ1n) is 8.09. The highest BCUT2D eigenvalue weighted by Crippen LogP contribution is 2.24. The van der Waals surface area contributed by atoms with Crippen molar-refractivity contribution in [3.8, 4) is 5.75 Å². The van der Waals surface area contributed by atoms with Crippen LogP contribution < -0.4 is 4.74 Å². The third kappa shape index (κ3) is 4.11. The number of amides is 1. The molecule has 0 N–H and O–H groups in total. The van der Waals surface area contributed by atoms with E-state index in [1.54, 1.807) is 11.8 Å². The van der Waals surface area contributed by atoms with Gasteiger partial charge in [-0.1, -0.05) is 18.2 Å². The van der Waals surface area contributed by atoms with E-state index in [0.29, 0.717) is 51.0 Å². The SMILES string of the molecule is Cc1nnc([C@H]2COCCN2C(=O)CCCOc2ccccc2)o1. The third-order valence-electron chi connectivity index (χ3n) is 3.82. The fraction of sp³-hybridized carbons (Fsp3) is 0.471. The van der Waals surface area contributed by atoms with Crippen LogP contribution in [0, 0.1) is 6.92 Å². The predicted molar refractivity (Wildman–Crippen MR) is 85.5 cm³/mol. The number of aromatic nitrogens is 2. The molecule has 128 valence electrons. The molecule has 1 atom stereocenters. The molecule has 1 aliphatic rings. The first kappa shape index (κ1) is 16.4. The van der Waals surface area contributed by atoms with Crippen molar-refractivity contribution >= 4 is 5.91 Å². The van der Waals surface area contributed by atoms with Gasteiger partial charge in [0.05, 0.1) is 19.8 Å². The lowest BCUT2D eigenvalue weighted by Crippen LogP contribution is -2.43. The van der Waals surface area contributed by atoms with Crippen molar-refractivity contribution in [3.63, 3.8) is 0 Å². The van der Waals surface area contributed by atoms with Crippen molar-refractivity contribution in [3.05, 3.63) is 42.1 Å². The molecule has 7 nitrogen and oxygen atoms in total. The van der Waals surface area contributed by atoms with Crippen molar-refractivity contribution in [2.75, 3.05) is 26.4 Å². The molecule has 1 aromatic heterocycles. The molecule has 1 aliphatic heterocycles. The smallest absolute Gasteiger partial charge is 0.241 e. The molecule has 1 amide bonds. The number of morpholine rings is 1. The number of aryl methyl sites for hydroxylation is 1. The predicted octanol–water partition coefficient (Wildman–Crippen LogP) is 2.14. The Morgan fingerprint density at radius 1 is 1.33 bits per heavy atom. The van der Waals surface area contributed by atoms with Gasteiger partial charge < -0.3 is 18.8 Å². The van der Waals surface area contributed by atoms with E-state index in [4.69, 9.17) is 13.9 Å². The number of ether oxygens (including phenoxy) is 2. The van der Waals surface area contributed by atoms with E-state index in [2.05, 4.69) is 10.2 Å². The van der Waals surface area contributed by atoms with E-state index in [9.17, 15) is 4.79 Å². The summed E-state index contributed by atoms with van der Waals surface area (Å²) in [5.74, 6) is 1.78. The Hall–Kier alpha value is -2.41. The van der Waals surface area contributed by atoms with Crippen LogP contribution >= 0.6 is 0 Å². The first-order chi connectivity index (χ1) is 11.7. The number of carbonyl (C=O) groups is 1. The van der Waals surface area contributed by atoms with Crippen LogP contribution in [0.25, 0.3) is 0 Å². The van der Waals surface area contributed by atoms with Crippen molar-refractivity contribution in [2.24, 2.45) is 0 Å². The summed E-state index contributed by atoms with van der Waals surface area (Å²) in [7, 11) is 0. The molecule has 0 radical (unpaired) electrons. The lowest BCUT2D eigenvalue weighted by Gasteiger charge is -2.33. The summed E-state index contributed by atoms with van der Waals surface area (Å²) < 4.78 is 16.6. The van der Waals surface area contributed by atoms with Crippen molar-refractivity contribution in [1.82, 2.24) is 15.1 Å². The zero-order valence-electron chi connectivity index (χ0n) is 13.7. The fourth-order valence-corrected chi connectivity index (χ4v) is 2.63. The van der Waals surface area contributed by atoms with Gasteiger partial charge in [0, 0.05) is 19.9 Å². The molecule has 0 aliphatic carbocycles. The summed E-state index contributed by atoms with van der Waals surface area (Å²) >= 11 is 0. The lowest BCUT2D eigenvalue weighted by molar-refractivity contribution is -0.141. The molecular formula is C17H21N3O4. The lowest BCUT2D eigenvalue weighted by atomic mass is 10.2. The van der Waals surface area contributed by atoms with Crippen LogP contribution in [0.15, 0.2) is 34.7 Å². The molecular weight excluding hydrogens is 310 g/mol. The zero-order chi connectivity index (χ0) is 16.8. The summed E-state index contributed by atoms with van der Waals surface area (Å²) in [6, 6.07) is 9.28. The van der Waals surface area contributed by atoms with Crippen LogP contribution in [0.4, 0.5) is 0 Å². The topological polar surface area (TPSA) is 77.7 Å². The average Bonchev–Trinajstić information content (AvgIpc) is 3.06. The minimum absolute atomic E-state index is 0.0517. The molecule has 1 fully saturated rings. The molecule has 0 spiro atoms. The van der Waals surface area contributed by atoms with Gasteiger partial charge in [-0.2, -0.15) is 0 Å². The maximum absolute atomic E-state index is 12.5. The summed E-state index contributed by atoms with van der Waals surface area (Å²) in [4.78, 5) is 14.3. The Morgan fingerprint density at radius 3 is 2.92 bits per heavy atom. The second-order valence-corrected chi connectivity index (χ2v) is 5.60. The van der Waals surface area contributed by atoms with E-state index in [0.717, 1.165) is 5.75 Å². The summed E-state index contributed by atoms with van der Waals surface area (Å²) in [5, 5.41) is 7.86. The van der Waals surface area contributed by atoms with Gasteiger partial charge in [-0.15, -0.1) is 10.2 Å². The van der Waals surface area contributed by atoms with Crippen molar-refractivity contribution in [2.45, 2.75) is 25.8 Å². The van der Waals surface area contributed by atoms with Gasteiger partial charge in [0.15, 0.2) is 0 Å². The van der Waals surface area contributed by atoms with E-state index >= 15 is 0 Å². The molecule has 0 bridgehead atoms. The second-order valence-electron chi connectivity index (χ2n) is 5.60. The van der Waals surface area contributed by atoms with Gasteiger partial charge >= 0.3 is 0 Å². The molecule has 7 heteroatoms. The quantitative estimate of drug-likeness (QED) is 0.755. The van der Waals surface area contributed by atoms with Crippen LogP contribution in [0.3, 0.4) is 0 Å². The normalized spacial score (nSPS) is 17.7. The minimum atomic E-state index is -0.303. The van der Waals surface area contributed by atoms with Gasteiger partial charge in [-0.05, 0) is 18.6 Å². The van der Waals surface area contributed by atoms with E-state index in [1.807, 2.05) is 30.3 Å². The van der Waals surface area contributed by atoms with Gasteiger partial charge in [-0.25, -0.2) is 0 Å². The van der Waals surface area contributed by atoms with Crippen LogP contribution in [-0.4, -0.2) is 47.4 Å². The molecule has 2 aromatic rings. The molecule has 0 unspecified atom stereocenters. The van der Waals surface area contributed by atoms with Gasteiger partial charge in [0.1, 0.15) is 11.8 Å². The molecule has 0 saturated carbocycles. The Labute approximate surface area is 140 Å². The summed E-state index contributed by atoms with van der Waals surface area (Å²) in [5.41, 5.74) is 0. The molecule has 24 heavy (non-hydrogen) atoms. The first-order valence-corrected chi connectivity index (χ1v) is 8.09. The van der Waals surface area contributed by atoms with Crippen molar-refractivity contribution in [1.29, 1.82) is 0 Å². The molecule has 2 heterocycles. The Balaban J connectivity index is 1.51. The average molecular weight is 331 g/mol. The van der Waals surface area contributed by atoms with Crippen LogP contribution in [0.5, 0.6) is 5.75 Å². The summed E-state index contributed by atoms with van der Waals surface area (Å²) in [6.07, 6.45) is 1.07. The Morgan fingerprint density at radius 2 is 2.17 bits per heavy atom. The number of para-hydroxylation sites is 1. The zero-order valence-corrected chi connectivity index (χ0v) is 13.7. The number of carbonyl (C=O) groups excluding carboxylic acids is 1. The largest absolute Gasteiger partial charge is 0.494 e. The van der Waals surface area contributed by atoms with E-state index < -0.39 is 0 Å². The highest BCUT2D eigenvalue weighted by molar-refractivity contribution is 5.76. The van der Waals surface area contributed by atoms with Crippen molar-refractivity contribution < 1.29 is 18.7 Å². The maximum Gasteiger partial charge on any atom is 0.241 e. The highest BCUT2D eigenvalue weighted by Gasteiger charge is 2.32. The standard InChI is InChI=1S/C17H21N3O4/c1-13-18-19-17(24-13)15-12-22-11-9-20(15)16(21)8-5-10-23-14-6-3-2-4-7-14/h2-4,6-7,15H,5,8-12H2,1H3/t15-/m1/s1. The summed E-state index contributed by atoms with van der Waals surface area (Å²) in [6.45, 7) is 3.67. The number of hydrogen-bond donors (Lipinski definition) is 0. The second kappa shape index (κ2) is 7.92. The van der Waals surface area contributed by atoms with Gasteiger partial charge in [-0.3, -0.25) is 4.79 Å². The molecule has 3 rings (SSSR count). The fourth-order valence-electron chi connectivity index (χ4n) is 2.63. The minimum Gasteiger partial charge on any atom is -0.494 e. The van der Waals surface area contributed by atoms with E-state index in [1.165, 1.54) is 0 Å². The number of hydrogen-bond acceptors (Lipinski definition) is 6. The van der Waals surface area contributed by atoms with Crippen LogP contribution in [-0.2, 0) is 9.53 Å².